The fourth-order valence-corrected chi connectivity index (χ4v) is 4.01. The first-order valence-electron chi connectivity index (χ1n) is 8.10. The van der Waals surface area contributed by atoms with Gasteiger partial charge in [0.2, 0.25) is 0 Å². The van der Waals surface area contributed by atoms with Crippen molar-refractivity contribution in [3.05, 3.63) is 11.6 Å². The van der Waals surface area contributed by atoms with Crippen molar-refractivity contribution in [2.24, 2.45) is 17.1 Å². The Labute approximate surface area is 119 Å². The molecule has 1 saturated carbocycles. The molecule has 3 N–H and O–H groups in total. The summed E-state index contributed by atoms with van der Waals surface area (Å²) in [5, 5.41) is 3.83. The van der Waals surface area contributed by atoms with Crippen LogP contribution in [0.5, 0.6) is 0 Å². The zero-order chi connectivity index (χ0) is 13.9. The van der Waals surface area contributed by atoms with Gasteiger partial charge >= 0.3 is 0 Å². The zero-order valence-corrected chi connectivity index (χ0v) is 13.1. The maximum atomic E-state index is 6.13. The van der Waals surface area contributed by atoms with E-state index in [-0.39, 0.29) is 5.54 Å². The number of allylic oxidation sites excluding steroid dienone is 1. The van der Waals surface area contributed by atoms with Crippen LogP contribution in [-0.4, -0.2) is 18.6 Å². The second-order valence-electron chi connectivity index (χ2n) is 7.56. The third-order valence-electron chi connectivity index (χ3n) is 5.47. The SMILES string of the molecule is CC1CC(C)(C)CCC1(CN)NCCC1=CCCC1. The van der Waals surface area contributed by atoms with E-state index >= 15 is 0 Å². The lowest BCUT2D eigenvalue weighted by molar-refractivity contribution is 0.0795. The number of hydrogen-bond acceptors (Lipinski definition) is 2. The molecule has 0 aromatic heterocycles. The molecule has 0 aromatic carbocycles. The molecule has 0 aliphatic heterocycles. The Balaban J connectivity index is 1.87. The molecule has 0 amide bonds. The van der Waals surface area contributed by atoms with Crippen LogP contribution in [0.25, 0.3) is 0 Å². The van der Waals surface area contributed by atoms with Crippen molar-refractivity contribution in [1.29, 1.82) is 0 Å². The van der Waals surface area contributed by atoms with E-state index in [4.69, 9.17) is 5.73 Å². The number of hydrogen-bond donors (Lipinski definition) is 2. The van der Waals surface area contributed by atoms with Crippen molar-refractivity contribution < 1.29 is 0 Å². The normalized spacial score (nSPS) is 34.3. The summed E-state index contributed by atoms with van der Waals surface area (Å²) in [6.45, 7) is 9.06. The minimum absolute atomic E-state index is 0.189. The van der Waals surface area contributed by atoms with Crippen LogP contribution in [0.1, 0.15) is 65.7 Å². The van der Waals surface area contributed by atoms with Gasteiger partial charge in [-0.1, -0.05) is 32.4 Å². The van der Waals surface area contributed by atoms with Gasteiger partial charge in [0.1, 0.15) is 0 Å². The van der Waals surface area contributed by atoms with E-state index in [9.17, 15) is 0 Å². The smallest absolute Gasteiger partial charge is 0.0330 e. The summed E-state index contributed by atoms with van der Waals surface area (Å²) in [6.07, 6.45) is 11.5. The van der Waals surface area contributed by atoms with E-state index in [0.29, 0.717) is 11.3 Å². The maximum absolute atomic E-state index is 6.13. The second-order valence-corrected chi connectivity index (χ2v) is 7.56. The summed E-state index contributed by atoms with van der Waals surface area (Å²) in [5.41, 5.74) is 8.47. The zero-order valence-electron chi connectivity index (χ0n) is 13.1. The van der Waals surface area contributed by atoms with E-state index in [1.54, 1.807) is 5.57 Å². The Hall–Kier alpha value is -0.340. The lowest BCUT2D eigenvalue weighted by Crippen LogP contribution is -2.59. The molecular formula is C17H32N2. The molecule has 2 rings (SSSR count). The van der Waals surface area contributed by atoms with Crippen LogP contribution in [0.15, 0.2) is 11.6 Å². The lowest BCUT2D eigenvalue weighted by atomic mass is 9.64. The van der Waals surface area contributed by atoms with Crippen LogP contribution < -0.4 is 11.1 Å². The quantitative estimate of drug-likeness (QED) is 0.744. The molecule has 0 radical (unpaired) electrons. The lowest BCUT2D eigenvalue weighted by Gasteiger charge is -2.48. The predicted molar refractivity (Wildman–Crippen MR) is 83.1 cm³/mol. The molecule has 2 nitrogen and oxygen atoms in total. The molecule has 2 aliphatic rings. The van der Waals surface area contributed by atoms with Crippen molar-refractivity contribution in [3.8, 4) is 0 Å². The molecule has 19 heavy (non-hydrogen) atoms. The van der Waals surface area contributed by atoms with Crippen LogP contribution in [0, 0.1) is 11.3 Å². The van der Waals surface area contributed by atoms with Gasteiger partial charge in [-0.15, -0.1) is 0 Å². The number of nitrogens with one attached hydrogen (secondary N) is 1. The van der Waals surface area contributed by atoms with Crippen molar-refractivity contribution >= 4 is 0 Å². The van der Waals surface area contributed by atoms with Gasteiger partial charge in [-0.05, 0) is 62.8 Å². The topological polar surface area (TPSA) is 38.0 Å². The van der Waals surface area contributed by atoms with Gasteiger partial charge in [0.05, 0.1) is 0 Å². The highest BCUT2D eigenvalue weighted by atomic mass is 15.0. The molecule has 0 aromatic rings. The highest BCUT2D eigenvalue weighted by molar-refractivity contribution is 5.08. The van der Waals surface area contributed by atoms with Gasteiger partial charge in [0.15, 0.2) is 0 Å². The molecule has 2 atom stereocenters. The van der Waals surface area contributed by atoms with Crippen LogP contribution in [0.3, 0.4) is 0 Å². The van der Waals surface area contributed by atoms with Crippen LogP contribution in [0.4, 0.5) is 0 Å². The van der Waals surface area contributed by atoms with E-state index in [1.807, 2.05) is 0 Å². The van der Waals surface area contributed by atoms with Crippen molar-refractivity contribution in [1.82, 2.24) is 5.32 Å². The minimum atomic E-state index is 0.189. The first kappa shape index (κ1) is 15.1. The summed E-state index contributed by atoms with van der Waals surface area (Å²) in [6, 6.07) is 0. The molecule has 0 saturated heterocycles. The first-order valence-corrected chi connectivity index (χ1v) is 8.10. The molecule has 2 unspecified atom stereocenters. The minimum Gasteiger partial charge on any atom is -0.329 e. The molecule has 2 heteroatoms. The van der Waals surface area contributed by atoms with Gasteiger partial charge in [-0.3, -0.25) is 0 Å². The summed E-state index contributed by atoms with van der Waals surface area (Å²) in [5.74, 6) is 0.679. The van der Waals surface area contributed by atoms with Gasteiger partial charge in [-0.2, -0.15) is 0 Å². The summed E-state index contributed by atoms with van der Waals surface area (Å²) < 4.78 is 0. The summed E-state index contributed by atoms with van der Waals surface area (Å²) in [7, 11) is 0. The van der Waals surface area contributed by atoms with Gasteiger partial charge < -0.3 is 11.1 Å². The Morgan fingerprint density at radius 1 is 1.37 bits per heavy atom. The number of nitrogens with two attached hydrogens (primary N) is 1. The van der Waals surface area contributed by atoms with Crippen LogP contribution in [-0.2, 0) is 0 Å². The van der Waals surface area contributed by atoms with Crippen molar-refractivity contribution in [2.45, 2.75) is 71.3 Å². The molecule has 1 fully saturated rings. The van der Waals surface area contributed by atoms with Gasteiger partial charge in [-0.25, -0.2) is 0 Å². The average molecular weight is 264 g/mol. The van der Waals surface area contributed by atoms with Crippen LogP contribution in [0.2, 0.25) is 0 Å². The van der Waals surface area contributed by atoms with Crippen LogP contribution >= 0.6 is 0 Å². The molecule has 0 spiro atoms. The standard InChI is InChI=1S/C17H32N2/c1-14-12-16(2,3)9-10-17(14,13-18)19-11-8-15-6-4-5-7-15/h6,14,19H,4-5,7-13,18H2,1-3H3. The fourth-order valence-electron chi connectivity index (χ4n) is 4.01. The van der Waals surface area contributed by atoms with Gasteiger partial charge in [0, 0.05) is 12.1 Å². The largest absolute Gasteiger partial charge is 0.329 e. The van der Waals surface area contributed by atoms with Gasteiger partial charge in [0.25, 0.3) is 0 Å². The van der Waals surface area contributed by atoms with E-state index in [1.165, 1.54) is 44.9 Å². The average Bonchev–Trinajstić information content (AvgIpc) is 2.85. The highest BCUT2D eigenvalue weighted by Crippen LogP contribution is 2.43. The fraction of sp³-hybridized carbons (Fsp3) is 0.882. The molecular weight excluding hydrogens is 232 g/mol. The highest BCUT2D eigenvalue weighted by Gasteiger charge is 2.42. The Morgan fingerprint density at radius 2 is 2.16 bits per heavy atom. The third kappa shape index (κ3) is 3.61. The van der Waals surface area contributed by atoms with E-state index in [0.717, 1.165) is 13.1 Å². The monoisotopic (exact) mass is 264 g/mol. The molecule has 2 aliphatic carbocycles. The van der Waals surface area contributed by atoms with E-state index < -0.39 is 0 Å². The third-order valence-corrected chi connectivity index (χ3v) is 5.47. The second kappa shape index (κ2) is 5.97. The van der Waals surface area contributed by atoms with Crippen molar-refractivity contribution in [2.75, 3.05) is 13.1 Å². The predicted octanol–water partition coefficient (Wildman–Crippen LogP) is 3.62. The summed E-state index contributed by atoms with van der Waals surface area (Å²) >= 11 is 0. The summed E-state index contributed by atoms with van der Waals surface area (Å²) in [4.78, 5) is 0. The Morgan fingerprint density at radius 3 is 2.74 bits per heavy atom. The maximum Gasteiger partial charge on any atom is 0.0330 e. The van der Waals surface area contributed by atoms with Crippen molar-refractivity contribution in [3.63, 3.8) is 0 Å². The Kier molecular flexibility index (Phi) is 4.73. The molecule has 0 bridgehead atoms. The molecule has 0 heterocycles. The Bertz CT molecular complexity index is 332. The van der Waals surface area contributed by atoms with E-state index in [2.05, 4.69) is 32.2 Å². The number of rotatable bonds is 5. The first-order chi connectivity index (χ1) is 8.97. The molecule has 110 valence electrons.